The Labute approximate surface area is 118 Å². The van der Waals surface area contributed by atoms with Crippen LogP contribution in [0, 0.1) is 13.8 Å². The number of carbonyl (C=O) groups excluding carboxylic acids is 1. The van der Waals surface area contributed by atoms with Crippen LogP contribution in [0.2, 0.25) is 0 Å². The van der Waals surface area contributed by atoms with Crippen LogP contribution in [-0.2, 0) is 0 Å². The summed E-state index contributed by atoms with van der Waals surface area (Å²) in [5.41, 5.74) is 4.27. The molecule has 0 atom stereocenters. The van der Waals surface area contributed by atoms with E-state index in [-0.39, 0.29) is 5.91 Å². The molecule has 104 valence electrons. The Bertz CT molecular complexity index is 628. The molecule has 0 unspecified atom stereocenters. The fourth-order valence-electron chi connectivity index (χ4n) is 2.27. The van der Waals surface area contributed by atoms with Gasteiger partial charge in [-0.05, 0) is 49.2 Å². The Hall–Kier alpha value is -2.36. The van der Waals surface area contributed by atoms with E-state index < -0.39 is 0 Å². The van der Waals surface area contributed by atoms with Gasteiger partial charge in [-0.25, -0.2) is 4.98 Å². The van der Waals surface area contributed by atoms with E-state index in [1.54, 1.807) is 20.2 Å². The molecule has 4 heteroatoms. The van der Waals surface area contributed by atoms with Gasteiger partial charge < -0.3 is 10.1 Å². The van der Waals surface area contributed by atoms with Gasteiger partial charge in [-0.2, -0.15) is 0 Å². The molecule has 0 fully saturated rings. The molecule has 20 heavy (non-hydrogen) atoms. The number of aryl methyl sites for hydroxylation is 2. The third-order valence-electron chi connectivity index (χ3n) is 3.17. The molecule has 1 aromatic carbocycles. The van der Waals surface area contributed by atoms with Crippen molar-refractivity contribution in [2.24, 2.45) is 0 Å². The van der Waals surface area contributed by atoms with Crippen LogP contribution in [0.3, 0.4) is 0 Å². The Morgan fingerprint density at radius 2 is 1.85 bits per heavy atom. The van der Waals surface area contributed by atoms with Crippen LogP contribution >= 0.6 is 0 Å². The number of nitrogens with one attached hydrogen (secondary N) is 1. The Kier molecular flexibility index (Phi) is 4.03. The van der Waals surface area contributed by atoms with Gasteiger partial charge in [0.05, 0.1) is 12.8 Å². The molecule has 0 aliphatic rings. The molecule has 2 aromatic rings. The van der Waals surface area contributed by atoms with Gasteiger partial charge >= 0.3 is 0 Å². The van der Waals surface area contributed by atoms with Gasteiger partial charge in [0, 0.05) is 12.6 Å². The summed E-state index contributed by atoms with van der Waals surface area (Å²) in [5, 5.41) is 2.58. The van der Waals surface area contributed by atoms with Gasteiger partial charge in [-0.3, -0.25) is 4.79 Å². The third-order valence-corrected chi connectivity index (χ3v) is 3.17. The van der Waals surface area contributed by atoms with Crippen molar-refractivity contribution < 1.29 is 9.53 Å². The number of aromatic nitrogens is 1. The van der Waals surface area contributed by atoms with Gasteiger partial charge in [-0.15, -0.1) is 0 Å². The minimum atomic E-state index is -0.186. The van der Waals surface area contributed by atoms with Crippen LogP contribution < -0.4 is 10.1 Å². The zero-order chi connectivity index (χ0) is 14.7. The number of hydrogen-bond acceptors (Lipinski definition) is 3. The molecule has 0 saturated carbocycles. The minimum absolute atomic E-state index is 0.186. The number of nitrogens with zero attached hydrogens (tertiary/aromatic N) is 1. The van der Waals surface area contributed by atoms with Crippen molar-refractivity contribution in [3.63, 3.8) is 0 Å². The summed E-state index contributed by atoms with van der Waals surface area (Å²) in [6.45, 7) is 4.00. The molecule has 4 nitrogen and oxygen atoms in total. The fourth-order valence-corrected chi connectivity index (χ4v) is 2.27. The highest BCUT2D eigenvalue weighted by molar-refractivity contribution is 5.92. The Balaban J connectivity index is 2.49. The smallest absolute Gasteiger partial charge is 0.269 e. The second-order valence-corrected chi connectivity index (χ2v) is 4.63. The van der Waals surface area contributed by atoms with Crippen molar-refractivity contribution in [3.05, 3.63) is 47.2 Å². The molecule has 0 aliphatic carbocycles. The number of carbonyl (C=O) groups is 1. The topological polar surface area (TPSA) is 51.2 Å². The maximum absolute atomic E-state index is 11.6. The summed E-state index contributed by atoms with van der Waals surface area (Å²) in [5.74, 6) is 0.699. The van der Waals surface area contributed by atoms with Crippen LogP contribution in [-0.4, -0.2) is 25.0 Å². The second-order valence-electron chi connectivity index (χ2n) is 4.63. The first-order valence-electron chi connectivity index (χ1n) is 6.41. The highest BCUT2D eigenvalue weighted by Gasteiger charge is 2.10. The summed E-state index contributed by atoms with van der Waals surface area (Å²) in [6, 6.07) is 9.46. The minimum Gasteiger partial charge on any atom is -0.496 e. The van der Waals surface area contributed by atoms with Crippen molar-refractivity contribution in [2.75, 3.05) is 14.2 Å². The van der Waals surface area contributed by atoms with E-state index in [4.69, 9.17) is 4.74 Å². The average Bonchev–Trinajstić information content (AvgIpc) is 2.46. The van der Waals surface area contributed by atoms with E-state index in [0.717, 1.165) is 28.1 Å². The van der Waals surface area contributed by atoms with Crippen molar-refractivity contribution in [1.29, 1.82) is 0 Å². The first kappa shape index (κ1) is 14.1. The van der Waals surface area contributed by atoms with Crippen LogP contribution in [0.5, 0.6) is 5.75 Å². The lowest BCUT2D eigenvalue weighted by Gasteiger charge is -2.11. The van der Waals surface area contributed by atoms with E-state index in [9.17, 15) is 4.79 Å². The maximum Gasteiger partial charge on any atom is 0.269 e. The van der Waals surface area contributed by atoms with Crippen LogP contribution in [0.1, 0.15) is 21.6 Å². The van der Waals surface area contributed by atoms with Gasteiger partial charge in [0.2, 0.25) is 0 Å². The maximum atomic E-state index is 11.6. The van der Waals surface area contributed by atoms with Gasteiger partial charge in [0.15, 0.2) is 0 Å². The van der Waals surface area contributed by atoms with Crippen LogP contribution in [0.25, 0.3) is 11.3 Å². The predicted octanol–water partition coefficient (Wildman–Crippen LogP) is 2.73. The quantitative estimate of drug-likeness (QED) is 0.933. The Morgan fingerprint density at radius 1 is 1.20 bits per heavy atom. The molecule has 1 N–H and O–H groups in total. The monoisotopic (exact) mass is 270 g/mol. The predicted molar refractivity (Wildman–Crippen MR) is 79.1 cm³/mol. The first-order chi connectivity index (χ1) is 9.56. The average molecular weight is 270 g/mol. The summed E-state index contributed by atoms with van der Waals surface area (Å²) in [7, 11) is 3.26. The van der Waals surface area contributed by atoms with E-state index in [0.29, 0.717) is 5.69 Å². The molecule has 1 heterocycles. The number of ether oxygens (including phenoxy) is 1. The van der Waals surface area contributed by atoms with Crippen molar-refractivity contribution >= 4 is 5.91 Å². The van der Waals surface area contributed by atoms with Gasteiger partial charge in [0.25, 0.3) is 5.91 Å². The number of hydrogen-bond donors (Lipinski definition) is 1. The highest BCUT2D eigenvalue weighted by Crippen LogP contribution is 2.29. The SMILES string of the molecule is CNC(=O)c1cccc(-c2cc(C)c(OC)c(C)c2)n1. The second kappa shape index (κ2) is 5.74. The van der Waals surface area contributed by atoms with Crippen LogP contribution in [0.4, 0.5) is 0 Å². The van der Waals surface area contributed by atoms with E-state index in [1.165, 1.54) is 0 Å². The number of rotatable bonds is 3. The summed E-state index contributed by atoms with van der Waals surface area (Å²) in [4.78, 5) is 16.0. The third kappa shape index (κ3) is 2.64. The molecule has 2 rings (SSSR count). The number of methoxy groups -OCH3 is 1. The molecular weight excluding hydrogens is 252 g/mol. The molecule has 1 aromatic heterocycles. The lowest BCUT2D eigenvalue weighted by Crippen LogP contribution is -2.19. The largest absolute Gasteiger partial charge is 0.496 e. The number of amides is 1. The summed E-state index contributed by atoms with van der Waals surface area (Å²) >= 11 is 0. The first-order valence-corrected chi connectivity index (χ1v) is 6.41. The molecule has 0 aliphatic heterocycles. The van der Waals surface area contributed by atoms with E-state index in [1.807, 2.05) is 38.1 Å². The molecular formula is C16H18N2O2. The Morgan fingerprint density at radius 3 is 2.40 bits per heavy atom. The molecule has 1 amide bonds. The highest BCUT2D eigenvalue weighted by atomic mass is 16.5. The van der Waals surface area contributed by atoms with Crippen molar-refractivity contribution in [3.8, 4) is 17.0 Å². The standard InChI is InChI=1S/C16H18N2O2/c1-10-8-12(9-11(2)15(10)20-4)13-6-5-7-14(18-13)16(19)17-3/h5-9H,1-4H3,(H,17,19). The van der Waals surface area contributed by atoms with E-state index in [2.05, 4.69) is 10.3 Å². The molecule has 0 bridgehead atoms. The van der Waals surface area contributed by atoms with Crippen molar-refractivity contribution in [1.82, 2.24) is 10.3 Å². The lowest BCUT2D eigenvalue weighted by atomic mass is 10.0. The van der Waals surface area contributed by atoms with Gasteiger partial charge in [-0.1, -0.05) is 6.07 Å². The normalized spacial score (nSPS) is 10.2. The summed E-state index contributed by atoms with van der Waals surface area (Å²) in [6.07, 6.45) is 0. The van der Waals surface area contributed by atoms with E-state index >= 15 is 0 Å². The lowest BCUT2D eigenvalue weighted by molar-refractivity contribution is 0.0958. The number of benzene rings is 1. The van der Waals surface area contributed by atoms with Gasteiger partial charge in [0.1, 0.15) is 11.4 Å². The van der Waals surface area contributed by atoms with Crippen molar-refractivity contribution in [2.45, 2.75) is 13.8 Å². The zero-order valence-corrected chi connectivity index (χ0v) is 12.2. The molecule has 0 spiro atoms. The molecule has 0 saturated heterocycles. The zero-order valence-electron chi connectivity index (χ0n) is 12.2. The van der Waals surface area contributed by atoms with Crippen LogP contribution in [0.15, 0.2) is 30.3 Å². The summed E-state index contributed by atoms with van der Waals surface area (Å²) < 4.78 is 5.36. The number of pyridine rings is 1. The molecule has 0 radical (unpaired) electrons. The fraction of sp³-hybridized carbons (Fsp3) is 0.250.